The number of hydrogen-bond donors (Lipinski definition) is 1. The van der Waals surface area contributed by atoms with Gasteiger partial charge in [-0.15, -0.1) is 5.10 Å². The topological polar surface area (TPSA) is 92.6 Å². The summed E-state index contributed by atoms with van der Waals surface area (Å²) in [6.07, 6.45) is 2.79. The highest BCUT2D eigenvalue weighted by Gasteiger charge is 2.25. The number of amides is 1. The van der Waals surface area contributed by atoms with Gasteiger partial charge in [0.1, 0.15) is 0 Å². The third-order valence-corrected chi connectivity index (χ3v) is 4.90. The Balaban J connectivity index is 1.66. The summed E-state index contributed by atoms with van der Waals surface area (Å²) in [7, 11) is 1.25. The molecule has 1 amide bonds. The fourth-order valence-electron chi connectivity index (χ4n) is 2.59. The Labute approximate surface area is 161 Å². The van der Waals surface area contributed by atoms with Gasteiger partial charge in [0.2, 0.25) is 0 Å². The van der Waals surface area contributed by atoms with Crippen molar-refractivity contribution in [3.8, 4) is 0 Å². The van der Waals surface area contributed by atoms with E-state index in [0.717, 1.165) is 61.8 Å². The van der Waals surface area contributed by atoms with E-state index in [1.807, 2.05) is 18.2 Å². The number of carbonyl (C=O) groups is 2. The number of amidine groups is 1. The third kappa shape index (κ3) is 5.49. The van der Waals surface area contributed by atoms with Gasteiger partial charge >= 0.3 is 5.97 Å². The molecule has 0 spiro atoms. The molecule has 9 heteroatoms. The van der Waals surface area contributed by atoms with E-state index < -0.39 is 11.9 Å². The number of esters is 1. The number of methoxy groups -OCH3 is 1. The molecule has 2 aliphatic heterocycles. The number of nitrogens with one attached hydrogen (secondary N) is 1. The molecule has 0 unspecified atom stereocenters. The van der Waals surface area contributed by atoms with E-state index in [1.165, 1.54) is 7.11 Å². The number of ether oxygens (including phenoxy) is 2. The molecule has 2 fully saturated rings. The summed E-state index contributed by atoms with van der Waals surface area (Å²) in [5.41, 5.74) is 2.12. The Hall–Kier alpha value is -2.49. The molecule has 27 heavy (non-hydrogen) atoms. The average Bonchev–Trinajstić information content (AvgIpc) is 3.03. The lowest BCUT2D eigenvalue weighted by Crippen LogP contribution is -2.35. The molecule has 0 aromatic heterocycles. The van der Waals surface area contributed by atoms with Crippen LogP contribution in [0.4, 0.5) is 0 Å². The Morgan fingerprint density at radius 3 is 2.93 bits per heavy atom. The van der Waals surface area contributed by atoms with E-state index in [4.69, 9.17) is 4.74 Å². The van der Waals surface area contributed by atoms with Crippen LogP contribution in [-0.2, 0) is 25.6 Å². The molecule has 0 saturated carbocycles. The van der Waals surface area contributed by atoms with Crippen LogP contribution in [0, 0.1) is 0 Å². The molecule has 142 valence electrons. The van der Waals surface area contributed by atoms with Gasteiger partial charge in [-0.05, 0) is 22.9 Å². The Kier molecular flexibility index (Phi) is 6.74. The van der Waals surface area contributed by atoms with Crippen molar-refractivity contribution in [2.24, 2.45) is 10.2 Å². The van der Waals surface area contributed by atoms with Crippen molar-refractivity contribution in [3.63, 3.8) is 0 Å². The number of morpholine rings is 1. The smallest absolute Gasteiger partial charge is 0.331 e. The van der Waals surface area contributed by atoms with Gasteiger partial charge in [0.05, 0.1) is 31.4 Å². The molecule has 0 radical (unpaired) electrons. The van der Waals surface area contributed by atoms with Crippen LogP contribution in [-0.4, -0.2) is 61.6 Å². The van der Waals surface area contributed by atoms with E-state index in [1.54, 1.807) is 6.21 Å². The summed E-state index contributed by atoms with van der Waals surface area (Å²) in [5, 5.41) is 11.0. The quantitative estimate of drug-likeness (QED) is 0.352. The minimum atomic E-state index is -0.588. The molecule has 1 N–H and O–H groups in total. The van der Waals surface area contributed by atoms with E-state index in [2.05, 4.69) is 31.2 Å². The van der Waals surface area contributed by atoms with Crippen molar-refractivity contribution >= 4 is 35.0 Å². The number of rotatable bonds is 5. The minimum Gasteiger partial charge on any atom is -0.466 e. The predicted molar refractivity (Wildman–Crippen MR) is 103 cm³/mol. The van der Waals surface area contributed by atoms with Crippen molar-refractivity contribution < 1.29 is 19.1 Å². The second-order valence-corrected chi connectivity index (χ2v) is 6.86. The maximum absolute atomic E-state index is 11.8. The van der Waals surface area contributed by atoms with Crippen LogP contribution < -0.4 is 5.32 Å². The molecular formula is C18H20N4O4S. The van der Waals surface area contributed by atoms with Crippen LogP contribution in [0.1, 0.15) is 11.1 Å². The third-order valence-electron chi connectivity index (χ3n) is 4.00. The maximum atomic E-state index is 11.8. The molecule has 1 aromatic rings. The van der Waals surface area contributed by atoms with E-state index in [-0.39, 0.29) is 4.91 Å². The van der Waals surface area contributed by atoms with Crippen LogP contribution in [0.2, 0.25) is 0 Å². The van der Waals surface area contributed by atoms with Crippen molar-refractivity contribution in [2.45, 2.75) is 6.54 Å². The zero-order valence-corrected chi connectivity index (χ0v) is 15.7. The SMILES string of the molecule is COC(=O)/C=C1/S/C(=N\N=Cc2ccccc2CN2CCOCC2)NC1=O. The van der Waals surface area contributed by atoms with Gasteiger partial charge in [0.25, 0.3) is 5.91 Å². The largest absolute Gasteiger partial charge is 0.466 e. The first-order valence-corrected chi connectivity index (χ1v) is 9.25. The van der Waals surface area contributed by atoms with Gasteiger partial charge < -0.3 is 9.47 Å². The monoisotopic (exact) mass is 388 g/mol. The van der Waals surface area contributed by atoms with E-state index in [0.29, 0.717) is 5.17 Å². The number of nitrogens with zero attached hydrogens (tertiary/aromatic N) is 3. The Morgan fingerprint density at radius 2 is 2.15 bits per heavy atom. The molecule has 1 aromatic carbocycles. The van der Waals surface area contributed by atoms with Crippen LogP contribution in [0.25, 0.3) is 0 Å². The number of thioether (sulfide) groups is 1. The fourth-order valence-corrected chi connectivity index (χ4v) is 3.33. The maximum Gasteiger partial charge on any atom is 0.331 e. The van der Waals surface area contributed by atoms with Gasteiger partial charge in [-0.25, -0.2) is 4.79 Å². The first kappa shape index (κ1) is 19.3. The van der Waals surface area contributed by atoms with Crippen molar-refractivity contribution in [1.29, 1.82) is 0 Å². The first-order valence-electron chi connectivity index (χ1n) is 8.43. The molecule has 0 atom stereocenters. The second kappa shape index (κ2) is 9.45. The molecule has 0 bridgehead atoms. The lowest BCUT2D eigenvalue weighted by Gasteiger charge is -2.27. The molecule has 2 aliphatic rings. The average molecular weight is 388 g/mol. The van der Waals surface area contributed by atoms with Gasteiger partial charge in [0.15, 0.2) is 5.17 Å². The van der Waals surface area contributed by atoms with Crippen molar-refractivity contribution in [2.75, 3.05) is 33.4 Å². The molecular weight excluding hydrogens is 368 g/mol. The lowest BCUT2D eigenvalue weighted by atomic mass is 10.1. The first-order chi connectivity index (χ1) is 13.2. The van der Waals surface area contributed by atoms with Crippen LogP contribution in [0.3, 0.4) is 0 Å². The minimum absolute atomic E-state index is 0.225. The second-order valence-electron chi connectivity index (χ2n) is 5.82. The standard InChI is InChI=1S/C18H20N4O4S/c1-25-16(23)10-15-17(24)20-18(27-15)21-19-11-13-4-2-3-5-14(13)12-22-6-8-26-9-7-22/h2-5,10-11H,6-9,12H2,1H3,(H,20,21,24)/b15-10+,19-11?. The van der Waals surface area contributed by atoms with Crippen LogP contribution in [0.15, 0.2) is 45.4 Å². The number of carbonyl (C=O) groups excluding carboxylic acids is 2. The summed E-state index contributed by atoms with van der Waals surface area (Å²) >= 11 is 1.04. The highest BCUT2D eigenvalue weighted by atomic mass is 32.2. The number of benzene rings is 1. The molecule has 2 heterocycles. The van der Waals surface area contributed by atoms with E-state index >= 15 is 0 Å². The predicted octanol–water partition coefficient (Wildman–Crippen LogP) is 1.13. The van der Waals surface area contributed by atoms with Gasteiger partial charge in [-0.3, -0.25) is 15.0 Å². The summed E-state index contributed by atoms with van der Waals surface area (Å²) in [5.74, 6) is -0.985. The van der Waals surface area contributed by atoms with E-state index in [9.17, 15) is 9.59 Å². The Morgan fingerprint density at radius 1 is 1.37 bits per heavy atom. The lowest BCUT2D eigenvalue weighted by molar-refractivity contribution is -0.135. The zero-order valence-electron chi connectivity index (χ0n) is 14.9. The van der Waals surface area contributed by atoms with Crippen molar-refractivity contribution in [1.82, 2.24) is 10.2 Å². The highest BCUT2D eigenvalue weighted by molar-refractivity contribution is 8.18. The summed E-state index contributed by atoms with van der Waals surface area (Å²) in [4.78, 5) is 25.6. The van der Waals surface area contributed by atoms with Crippen LogP contribution >= 0.6 is 11.8 Å². The van der Waals surface area contributed by atoms with Gasteiger partial charge in [-0.1, -0.05) is 24.3 Å². The summed E-state index contributed by atoms with van der Waals surface area (Å²) < 4.78 is 9.90. The molecule has 3 rings (SSSR count). The molecule has 0 aliphatic carbocycles. The van der Waals surface area contributed by atoms with Crippen LogP contribution in [0.5, 0.6) is 0 Å². The highest BCUT2D eigenvalue weighted by Crippen LogP contribution is 2.23. The van der Waals surface area contributed by atoms with Gasteiger partial charge in [-0.2, -0.15) is 5.10 Å². The Bertz CT molecular complexity index is 800. The summed E-state index contributed by atoms with van der Waals surface area (Å²) in [6, 6.07) is 7.98. The molecule has 8 nitrogen and oxygen atoms in total. The summed E-state index contributed by atoms with van der Waals surface area (Å²) in [6.45, 7) is 4.14. The molecule has 2 saturated heterocycles. The van der Waals surface area contributed by atoms with Crippen molar-refractivity contribution in [3.05, 3.63) is 46.4 Å². The number of hydrogen-bond acceptors (Lipinski definition) is 8. The fraction of sp³-hybridized carbons (Fsp3) is 0.333. The van der Waals surface area contributed by atoms with Gasteiger partial charge in [0, 0.05) is 25.7 Å². The zero-order chi connectivity index (χ0) is 19.1. The normalized spacial score (nSPS) is 21.1.